The standard InChI is InChI=1S/C18H18N4O3/c1-11-9-15(25-18-14(10-19)5-4-8-20-18)6-7-16(11)22-17(24)12(2)21-13(3)23/h4-9,12H,1-3H3,(H,21,23)(H,22,24). The Bertz CT molecular complexity index is 842. The van der Waals surface area contributed by atoms with Crippen LogP contribution >= 0.6 is 0 Å². The number of aromatic nitrogens is 1. The number of benzene rings is 1. The van der Waals surface area contributed by atoms with Gasteiger partial charge in [-0.05, 0) is 49.7 Å². The van der Waals surface area contributed by atoms with Gasteiger partial charge in [-0.2, -0.15) is 5.26 Å². The quantitative estimate of drug-likeness (QED) is 0.872. The van der Waals surface area contributed by atoms with Crippen LogP contribution in [0.1, 0.15) is 25.0 Å². The summed E-state index contributed by atoms with van der Waals surface area (Å²) in [7, 11) is 0. The molecule has 0 aliphatic rings. The van der Waals surface area contributed by atoms with Crippen molar-refractivity contribution < 1.29 is 14.3 Å². The van der Waals surface area contributed by atoms with Crippen LogP contribution in [-0.2, 0) is 9.59 Å². The third-order valence-corrected chi connectivity index (χ3v) is 3.37. The number of aryl methyl sites for hydroxylation is 1. The molecule has 2 rings (SSSR count). The molecule has 2 amide bonds. The molecule has 0 bridgehead atoms. The second kappa shape index (κ2) is 7.93. The minimum atomic E-state index is -0.639. The van der Waals surface area contributed by atoms with Gasteiger partial charge in [0.05, 0.1) is 0 Å². The van der Waals surface area contributed by atoms with Crippen molar-refractivity contribution in [3.63, 3.8) is 0 Å². The monoisotopic (exact) mass is 338 g/mol. The van der Waals surface area contributed by atoms with Gasteiger partial charge in [0.2, 0.25) is 17.7 Å². The molecular weight excluding hydrogens is 320 g/mol. The molecule has 1 aromatic heterocycles. The molecule has 1 unspecified atom stereocenters. The van der Waals surface area contributed by atoms with Crippen LogP contribution in [0.5, 0.6) is 11.6 Å². The molecule has 0 radical (unpaired) electrons. The maximum absolute atomic E-state index is 12.1. The lowest BCUT2D eigenvalue weighted by Gasteiger charge is -2.15. The molecule has 7 nitrogen and oxygen atoms in total. The zero-order valence-electron chi connectivity index (χ0n) is 14.2. The lowest BCUT2D eigenvalue weighted by molar-refractivity contribution is -0.124. The average molecular weight is 338 g/mol. The van der Waals surface area contributed by atoms with Crippen molar-refractivity contribution in [1.82, 2.24) is 10.3 Å². The summed E-state index contributed by atoms with van der Waals surface area (Å²) in [5, 5.41) is 14.3. The second-order valence-corrected chi connectivity index (χ2v) is 5.46. The summed E-state index contributed by atoms with van der Waals surface area (Å²) < 4.78 is 5.64. The van der Waals surface area contributed by atoms with E-state index >= 15 is 0 Å². The predicted molar refractivity (Wildman–Crippen MR) is 92.1 cm³/mol. The van der Waals surface area contributed by atoms with Crippen molar-refractivity contribution in [1.29, 1.82) is 5.26 Å². The molecular formula is C18H18N4O3. The topological polar surface area (TPSA) is 104 Å². The molecule has 128 valence electrons. The van der Waals surface area contributed by atoms with E-state index < -0.39 is 6.04 Å². The molecule has 0 aliphatic carbocycles. The Hall–Kier alpha value is -3.40. The van der Waals surface area contributed by atoms with Crippen LogP contribution in [0, 0.1) is 18.3 Å². The van der Waals surface area contributed by atoms with Gasteiger partial charge in [-0.15, -0.1) is 0 Å². The first kappa shape index (κ1) is 17.9. The van der Waals surface area contributed by atoms with E-state index in [1.165, 1.54) is 6.92 Å². The number of amides is 2. The summed E-state index contributed by atoms with van der Waals surface area (Å²) in [6.07, 6.45) is 1.54. The molecule has 25 heavy (non-hydrogen) atoms. The fourth-order valence-electron chi connectivity index (χ4n) is 2.12. The minimum absolute atomic E-state index is 0.223. The Balaban J connectivity index is 2.12. The van der Waals surface area contributed by atoms with E-state index in [-0.39, 0.29) is 17.7 Å². The Morgan fingerprint density at radius 2 is 2.08 bits per heavy atom. The summed E-state index contributed by atoms with van der Waals surface area (Å²) in [4.78, 5) is 27.1. The number of nitriles is 1. The van der Waals surface area contributed by atoms with Gasteiger partial charge in [0.1, 0.15) is 23.4 Å². The van der Waals surface area contributed by atoms with E-state index in [1.807, 2.05) is 13.0 Å². The van der Waals surface area contributed by atoms with Gasteiger partial charge in [-0.1, -0.05) is 0 Å². The average Bonchev–Trinajstić information content (AvgIpc) is 2.57. The summed E-state index contributed by atoms with van der Waals surface area (Å²) in [5.74, 6) is 0.135. The summed E-state index contributed by atoms with van der Waals surface area (Å²) in [6, 6.07) is 9.75. The molecule has 0 saturated heterocycles. The van der Waals surface area contributed by atoms with Crippen molar-refractivity contribution in [3.05, 3.63) is 47.7 Å². The Kier molecular flexibility index (Phi) is 5.69. The van der Waals surface area contributed by atoms with E-state index in [9.17, 15) is 9.59 Å². The lowest BCUT2D eigenvalue weighted by Crippen LogP contribution is -2.40. The van der Waals surface area contributed by atoms with Crippen molar-refractivity contribution in [2.24, 2.45) is 0 Å². The third kappa shape index (κ3) is 4.78. The van der Waals surface area contributed by atoms with E-state index in [0.29, 0.717) is 17.0 Å². The number of nitrogens with one attached hydrogen (secondary N) is 2. The number of hydrogen-bond donors (Lipinski definition) is 2. The van der Waals surface area contributed by atoms with E-state index in [1.54, 1.807) is 43.5 Å². The molecule has 0 aliphatic heterocycles. The van der Waals surface area contributed by atoms with Crippen molar-refractivity contribution in [2.45, 2.75) is 26.8 Å². The van der Waals surface area contributed by atoms with Gasteiger partial charge in [0.15, 0.2) is 0 Å². The number of rotatable bonds is 5. The van der Waals surface area contributed by atoms with Crippen molar-refractivity contribution in [2.75, 3.05) is 5.32 Å². The molecule has 1 heterocycles. The Morgan fingerprint density at radius 1 is 1.32 bits per heavy atom. The van der Waals surface area contributed by atoms with Crippen molar-refractivity contribution >= 4 is 17.5 Å². The molecule has 1 aromatic carbocycles. The minimum Gasteiger partial charge on any atom is -0.438 e. The summed E-state index contributed by atoms with van der Waals surface area (Å²) in [5.41, 5.74) is 1.72. The molecule has 1 atom stereocenters. The maximum Gasteiger partial charge on any atom is 0.246 e. The summed E-state index contributed by atoms with van der Waals surface area (Å²) >= 11 is 0. The van der Waals surface area contributed by atoms with Crippen LogP contribution in [0.25, 0.3) is 0 Å². The van der Waals surface area contributed by atoms with Gasteiger partial charge in [0.25, 0.3) is 0 Å². The van der Waals surface area contributed by atoms with Gasteiger partial charge >= 0.3 is 0 Å². The van der Waals surface area contributed by atoms with E-state index in [0.717, 1.165) is 5.56 Å². The predicted octanol–water partition coefficient (Wildman–Crippen LogP) is 2.52. The van der Waals surface area contributed by atoms with Gasteiger partial charge in [-0.25, -0.2) is 4.98 Å². The molecule has 7 heteroatoms. The normalized spacial score (nSPS) is 11.1. The SMILES string of the molecule is CC(=O)NC(C)C(=O)Nc1ccc(Oc2ncccc2C#N)cc1C. The number of nitrogens with zero attached hydrogens (tertiary/aromatic N) is 2. The number of hydrogen-bond acceptors (Lipinski definition) is 5. The fraction of sp³-hybridized carbons (Fsp3) is 0.222. The highest BCUT2D eigenvalue weighted by Crippen LogP contribution is 2.26. The van der Waals surface area contributed by atoms with E-state index in [2.05, 4.69) is 15.6 Å². The zero-order valence-corrected chi connectivity index (χ0v) is 14.2. The van der Waals surface area contributed by atoms with Gasteiger partial charge in [0, 0.05) is 18.8 Å². The highest BCUT2D eigenvalue weighted by Gasteiger charge is 2.15. The van der Waals surface area contributed by atoms with Crippen molar-refractivity contribution in [3.8, 4) is 17.7 Å². The first-order valence-corrected chi connectivity index (χ1v) is 7.62. The molecule has 0 fully saturated rings. The highest BCUT2D eigenvalue weighted by atomic mass is 16.5. The third-order valence-electron chi connectivity index (χ3n) is 3.37. The molecule has 0 spiro atoms. The fourth-order valence-corrected chi connectivity index (χ4v) is 2.12. The largest absolute Gasteiger partial charge is 0.438 e. The molecule has 0 saturated carbocycles. The number of carbonyl (C=O) groups is 2. The smallest absolute Gasteiger partial charge is 0.246 e. The van der Waals surface area contributed by atoms with Crippen LogP contribution in [0.2, 0.25) is 0 Å². The number of anilines is 1. The van der Waals surface area contributed by atoms with Gasteiger partial charge < -0.3 is 15.4 Å². The van der Waals surface area contributed by atoms with Gasteiger partial charge in [-0.3, -0.25) is 9.59 Å². The summed E-state index contributed by atoms with van der Waals surface area (Å²) in [6.45, 7) is 4.78. The van der Waals surface area contributed by atoms with Crippen LogP contribution < -0.4 is 15.4 Å². The number of pyridine rings is 1. The first-order chi connectivity index (χ1) is 11.9. The Morgan fingerprint density at radius 3 is 2.72 bits per heavy atom. The number of carbonyl (C=O) groups excluding carboxylic acids is 2. The maximum atomic E-state index is 12.1. The zero-order chi connectivity index (χ0) is 18.4. The first-order valence-electron chi connectivity index (χ1n) is 7.62. The lowest BCUT2D eigenvalue weighted by atomic mass is 10.1. The molecule has 2 N–H and O–H groups in total. The second-order valence-electron chi connectivity index (χ2n) is 5.46. The Labute approximate surface area is 145 Å². The van der Waals surface area contributed by atoms with Crippen LogP contribution in [0.3, 0.4) is 0 Å². The van der Waals surface area contributed by atoms with Crippen LogP contribution in [0.4, 0.5) is 5.69 Å². The molecule has 2 aromatic rings. The van der Waals surface area contributed by atoms with Crippen LogP contribution in [-0.4, -0.2) is 22.8 Å². The highest BCUT2D eigenvalue weighted by molar-refractivity contribution is 5.97. The number of ether oxygens (including phenoxy) is 1. The van der Waals surface area contributed by atoms with E-state index in [4.69, 9.17) is 10.00 Å². The van der Waals surface area contributed by atoms with Crippen LogP contribution in [0.15, 0.2) is 36.5 Å².